The topological polar surface area (TPSA) is 52.3 Å². The molecule has 0 aromatic heterocycles. The van der Waals surface area contributed by atoms with E-state index in [2.05, 4.69) is 0 Å². The summed E-state index contributed by atoms with van der Waals surface area (Å²) in [5, 5.41) is 0. The van der Waals surface area contributed by atoms with Gasteiger partial charge in [-0.2, -0.15) is 0 Å². The van der Waals surface area contributed by atoms with Crippen LogP contribution < -0.4 is 5.73 Å². The summed E-state index contributed by atoms with van der Waals surface area (Å²) < 4.78 is 4.92. The normalized spacial score (nSPS) is 17.9. The van der Waals surface area contributed by atoms with Gasteiger partial charge in [-0.1, -0.05) is 13.8 Å². The van der Waals surface area contributed by atoms with Crippen molar-refractivity contribution >= 4 is 5.78 Å². The molecule has 2 N–H and O–H groups in total. The molecule has 0 saturated carbocycles. The maximum atomic E-state index is 11.7. The standard InChI is InChI=1S/C10H21NO2/c1-5-10(3,11)9(12)8(2)6-7-13-4/h8H,5-7,11H2,1-4H3. The quantitative estimate of drug-likeness (QED) is 0.683. The molecular weight excluding hydrogens is 166 g/mol. The Hall–Kier alpha value is -0.410. The molecule has 0 aliphatic heterocycles. The van der Waals surface area contributed by atoms with Crippen molar-refractivity contribution in [2.45, 2.75) is 39.2 Å². The van der Waals surface area contributed by atoms with Crippen molar-refractivity contribution in [2.24, 2.45) is 11.7 Å². The fourth-order valence-corrected chi connectivity index (χ4v) is 1.16. The first kappa shape index (κ1) is 12.6. The van der Waals surface area contributed by atoms with Crippen LogP contribution in [0.15, 0.2) is 0 Å². The molecule has 3 heteroatoms. The van der Waals surface area contributed by atoms with E-state index in [1.54, 1.807) is 14.0 Å². The van der Waals surface area contributed by atoms with Gasteiger partial charge in [-0.15, -0.1) is 0 Å². The Bertz CT molecular complexity index is 166. The summed E-state index contributed by atoms with van der Waals surface area (Å²) in [6.07, 6.45) is 1.44. The first-order valence-corrected chi connectivity index (χ1v) is 4.77. The summed E-state index contributed by atoms with van der Waals surface area (Å²) in [5.41, 5.74) is 5.17. The Morgan fingerprint density at radius 2 is 2.15 bits per heavy atom. The highest BCUT2D eigenvalue weighted by atomic mass is 16.5. The van der Waals surface area contributed by atoms with Crippen molar-refractivity contribution in [3.05, 3.63) is 0 Å². The lowest BCUT2D eigenvalue weighted by atomic mass is 9.85. The number of hydrogen-bond donors (Lipinski definition) is 1. The van der Waals surface area contributed by atoms with Crippen LogP contribution in [-0.2, 0) is 9.53 Å². The molecule has 0 aliphatic rings. The molecule has 2 atom stereocenters. The van der Waals surface area contributed by atoms with Gasteiger partial charge in [0.25, 0.3) is 0 Å². The Morgan fingerprint density at radius 3 is 2.54 bits per heavy atom. The SMILES string of the molecule is CCC(C)(N)C(=O)C(C)CCOC. The summed E-state index contributed by atoms with van der Waals surface area (Å²) in [6, 6.07) is 0. The zero-order valence-electron chi connectivity index (χ0n) is 9.09. The number of ether oxygens (including phenoxy) is 1. The van der Waals surface area contributed by atoms with E-state index in [1.807, 2.05) is 13.8 Å². The third-order valence-corrected chi connectivity index (χ3v) is 2.50. The second-order valence-corrected chi connectivity index (χ2v) is 3.82. The van der Waals surface area contributed by atoms with Crippen molar-refractivity contribution in [3.63, 3.8) is 0 Å². The molecule has 13 heavy (non-hydrogen) atoms. The van der Waals surface area contributed by atoms with Gasteiger partial charge >= 0.3 is 0 Å². The van der Waals surface area contributed by atoms with Crippen molar-refractivity contribution < 1.29 is 9.53 Å². The fourth-order valence-electron chi connectivity index (χ4n) is 1.16. The van der Waals surface area contributed by atoms with Gasteiger partial charge in [0.2, 0.25) is 0 Å². The first-order chi connectivity index (χ1) is 5.95. The molecule has 0 saturated heterocycles. The molecule has 0 heterocycles. The van der Waals surface area contributed by atoms with Crippen LogP contribution in [0.4, 0.5) is 0 Å². The Balaban J connectivity index is 4.09. The van der Waals surface area contributed by atoms with Crippen molar-refractivity contribution in [1.29, 1.82) is 0 Å². The van der Waals surface area contributed by atoms with E-state index < -0.39 is 5.54 Å². The fraction of sp³-hybridized carbons (Fsp3) is 0.900. The smallest absolute Gasteiger partial charge is 0.155 e. The van der Waals surface area contributed by atoms with E-state index in [9.17, 15) is 4.79 Å². The van der Waals surface area contributed by atoms with Gasteiger partial charge < -0.3 is 10.5 Å². The molecule has 78 valence electrons. The van der Waals surface area contributed by atoms with Crippen LogP contribution in [0.1, 0.15) is 33.6 Å². The van der Waals surface area contributed by atoms with Crippen molar-refractivity contribution in [3.8, 4) is 0 Å². The molecule has 0 rings (SSSR count). The average molecular weight is 187 g/mol. The first-order valence-electron chi connectivity index (χ1n) is 4.77. The third kappa shape index (κ3) is 3.87. The molecule has 0 spiro atoms. The lowest BCUT2D eigenvalue weighted by molar-refractivity contribution is -0.127. The van der Waals surface area contributed by atoms with E-state index in [0.29, 0.717) is 13.0 Å². The minimum atomic E-state index is -0.673. The summed E-state index contributed by atoms with van der Waals surface area (Å²) in [5.74, 6) is 0.127. The number of rotatable bonds is 6. The Kier molecular flexibility index (Phi) is 5.18. The van der Waals surface area contributed by atoms with Crippen LogP contribution in [-0.4, -0.2) is 25.0 Å². The average Bonchev–Trinajstić information content (AvgIpc) is 2.12. The maximum Gasteiger partial charge on any atom is 0.155 e. The van der Waals surface area contributed by atoms with E-state index >= 15 is 0 Å². The van der Waals surface area contributed by atoms with Gasteiger partial charge in [-0.3, -0.25) is 4.79 Å². The van der Waals surface area contributed by atoms with E-state index in [0.717, 1.165) is 6.42 Å². The van der Waals surface area contributed by atoms with Gasteiger partial charge in [0.15, 0.2) is 5.78 Å². The molecule has 0 aromatic rings. The van der Waals surface area contributed by atoms with Crippen LogP contribution in [0.2, 0.25) is 0 Å². The molecule has 0 aliphatic carbocycles. The van der Waals surface area contributed by atoms with Crippen molar-refractivity contribution in [2.75, 3.05) is 13.7 Å². The zero-order chi connectivity index (χ0) is 10.5. The Labute approximate surface area is 80.6 Å². The number of methoxy groups -OCH3 is 1. The highest BCUT2D eigenvalue weighted by molar-refractivity contribution is 5.89. The highest BCUT2D eigenvalue weighted by Gasteiger charge is 2.29. The number of nitrogens with two attached hydrogens (primary N) is 1. The summed E-state index contributed by atoms with van der Waals surface area (Å²) >= 11 is 0. The second kappa shape index (κ2) is 5.35. The van der Waals surface area contributed by atoms with E-state index in [4.69, 9.17) is 10.5 Å². The van der Waals surface area contributed by atoms with Crippen LogP contribution in [0.5, 0.6) is 0 Å². The van der Waals surface area contributed by atoms with E-state index in [1.165, 1.54) is 0 Å². The number of carbonyl (C=O) groups is 1. The molecule has 0 radical (unpaired) electrons. The Morgan fingerprint density at radius 1 is 1.62 bits per heavy atom. The van der Waals surface area contributed by atoms with Crippen LogP contribution in [0, 0.1) is 5.92 Å². The highest BCUT2D eigenvalue weighted by Crippen LogP contribution is 2.15. The lowest BCUT2D eigenvalue weighted by Gasteiger charge is -2.24. The van der Waals surface area contributed by atoms with Gasteiger partial charge in [0, 0.05) is 19.6 Å². The molecule has 2 unspecified atom stereocenters. The number of Topliss-reactive ketones (excluding diaryl/α,β-unsaturated/α-hetero) is 1. The van der Waals surface area contributed by atoms with Crippen molar-refractivity contribution in [1.82, 2.24) is 0 Å². The number of carbonyl (C=O) groups excluding carboxylic acids is 1. The predicted octanol–water partition coefficient (Wildman–Crippen LogP) is 1.36. The molecule has 0 bridgehead atoms. The van der Waals surface area contributed by atoms with Crippen LogP contribution in [0.3, 0.4) is 0 Å². The second-order valence-electron chi connectivity index (χ2n) is 3.82. The zero-order valence-corrected chi connectivity index (χ0v) is 9.09. The largest absolute Gasteiger partial charge is 0.385 e. The summed E-state index contributed by atoms with van der Waals surface area (Å²) in [6.45, 7) is 6.24. The minimum absolute atomic E-state index is 0.00472. The molecule has 0 amide bonds. The third-order valence-electron chi connectivity index (χ3n) is 2.50. The minimum Gasteiger partial charge on any atom is -0.385 e. The molecule has 0 fully saturated rings. The summed E-state index contributed by atoms with van der Waals surface area (Å²) in [4.78, 5) is 11.7. The molecule has 3 nitrogen and oxygen atoms in total. The predicted molar refractivity (Wildman–Crippen MR) is 53.5 cm³/mol. The maximum absolute atomic E-state index is 11.7. The molecular formula is C10H21NO2. The van der Waals surface area contributed by atoms with E-state index in [-0.39, 0.29) is 11.7 Å². The lowest BCUT2D eigenvalue weighted by Crippen LogP contribution is -2.47. The number of ketones is 1. The van der Waals surface area contributed by atoms with Gasteiger partial charge in [-0.25, -0.2) is 0 Å². The van der Waals surface area contributed by atoms with Gasteiger partial charge in [0.05, 0.1) is 5.54 Å². The van der Waals surface area contributed by atoms with Gasteiger partial charge in [-0.05, 0) is 19.8 Å². The number of hydrogen-bond acceptors (Lipinski definition) is 3. The summed E-state index contributed by atoms with van der Waals surface area (Å²) in [7, 11) is 1.64. The van der Waals surface area contributed by atoms with Crippen LogP contribution in [0.25, 0.3) is 0 Å². The van der Waals surface area contributed by atoms with Crippen LogP contribution >= 0.6 is 0 Å². The van der Waals surface area contributed by atoms with Gasteiger partial charge in [0.1, 0.15) is 0 Å². The monoisotopic (exact) mass is 187 g/mol. The molecule has 0 aromatic carbocycles.